The minimum Gasteiger partial charge on any atom is -0.391 e. The zero-order chi connectivity index (χ0) is 21.6. The summed E-state index contributed by atoms with van der Waals surface area (Å²) in [5.41, 5.74) is 2.62. The van der Waals surface area contributed by atoms with Crippen LogP contribution in [0.5, 0.6) is 0 Å². The van der Waals surface area contributed by atoms with Crippen molar-refractivity contribution >= 4 is 29.3 Å². The molecule has 9 heteroatoms. The Hall–Kier alpha value is -2.36. The molecule has 2 N–H and O–H groups in total. The number of nitrogens with zero attached hydrogens (tertiary/aromatic N) is 4. The molecule has 1 aromatic heterocycles. The summed E-state index contributed by atoms with van der Waals surface area (Å²) in [5.74, 6) is 2.44. The number of piperidine rings is 1. The maximum absolute atomic E-state index is 12.5. The van der Waals surface area contributed by atoms with Crippen molar-refractivity contribution in [3.63, 3.8) is 0 Å². The number of carbonyl (C=O) groups excluding carboxylic acids is 1. The summed E-state index contributed by atoms with van der Waals surface area (Å²) in [6.45, 7) is 4.11. The van der Waals surface area contributed by atoms with Gasteiger partial charge in [0.2, 0.25) is 0 Å². The average molecular weight is 444 g/mol. The number of ether oxygens (including phenoxy) is 1. The van der Waals surface area contributed by atoms with Gasteiger partial charge in [-0.05, 0) is 43.4 Å². The normalized spacial score (nSPS) is 19.4. The minimum atomic E-state index is -0.437. The second-order valence-electron chi connectivity index (χ2n) is 7.82. The molecule has 0 spiro atoms. The summed E-state index contributed by atoms with van der Waals surface area (Å²) < 4.78 is 5.47. The zero-order valence-electron chi connectivity index (χ0n) is 17.8. The van der Waals surface area contributed by atoms with Gasteiger partial charge in [-0.15, -0.1) is 0 Å². The van der Waals surface area contributed by atoms with Gasteiger partial charge in [-0.2, -0.15) is 11.8 Å². The first-order chi connectivity index (χ1) is 15.1. The number of morpholine rings is 1. The Labute approximate surface area is 187 Å². The van der Waals surface area contributed by atoms with Crippen molar-refractivity contribution in [2.75, 3.05) is 55.9 Å². The highest BCUT2D eigenvalue weighted by atomic mass is 32.2. The monoisotopic (exact) mass is 443 g/mol. The third-order valence-electron chi connectivity index (χ3n) is 5.47. The number of urea groups is 1. The Morgan fingerprint density at radius 1 is 1.23 bits per heavy atom. The van der Waals surface area contributed by atoms with E-state index < -0.39 is 6.10 Å². The van der Waals surface area contributed by atoms with Crippen LogP contribution in [0.4, 0.5) is 16.3 Å². The quantitative estimate of drug-likeness (QED) is 0.734. The lowest BCUT2D eigenvalue weighted by Gasteiger charge is -2.30. The summed E-state index contributed by atoms with van der Waals surface area (Å²) >= 11 is 1.73. The van der Waals surface area contributed by atoms with E-state index in [1.165, 1.54) is 0 Å². The highest BCUT2D eigenvalue weighted by Crippen LogP contribution is 2.24. The topological polar surface area (TPSA) is 90.8 Å². The van der Waals surface area contributed by atoms with Crippen molar-refractivity contribution in [1.82, 2.24) is 14.9 Å². The van der Waals surface area contributed by atoms with E-state index >= 15 is 0 Å². The fourth-order valence-electron chi connectivity index (χ4n) is 3.83. The number of likely N-dealkylation sites (tertiary alicyclic amines) is 1. The second kappa shape index (κ2) is 10.3. The Balaban J connectivity index is 1.49. The molecule has 1 aromatic carbocycles. The van der Waals surface area contributed by atoms with Crippen LogP contribution in [0.25, 0.3) is 11.4 Å². The molecule has 166 valence electrons. The smallest absolute Gasteiger partial charge is 0.321 e. The van der Waals surface area contributed by atoms with E-state index in [0.717, 1.165) is 48.8 Å². The van der Waals surface area contributed by atoms with Gasteiger partial charge in [0.15, 0.2) is 5.82 Å². The largest absolute Gasteiger partial charge is 0.391 e. The SMILES string of the molecule is CSCc1cc(N2CCOCC2)nc(-c2ccc(NC(=O)N3CCCC(O)C3)cc2)n1. The van der Waals surface area contributed by atoms with E-state index in [1.807, 2.05) is 24.3 Å². The molecule has 0 bridgehead atoms. The molecule has 0 radical (unpaired) electrons. The van der Waals surface area contributed by atoms with Crippen molar-refractivity contribution < 1.29 is 14.6 Å². The summed E-state index contributed by atoms with van der Waals surface area (Å²) in [5, 5.41) is 12.7. The van der Waals surface area contributed by atoms with Gasteiger partial charge < -0.3 is 25.0 Å². The van der Waals surface area contributed by atoms with E-state index in [1.54, 1.807) is 16.7 Å². The molecule has 3 heterocycles. The van der Waals surface area contributed by atoms with Gasteiger partial charge in [-0.25, -0.2) is 14.8 Å². The van der Waals surface area contributed by atoms with Crippen molar-refractivity contribution in [2.24, 2.45) is 0 Å². The molecule has 1 atom stereocenters. The molecule has 2 aliphatic heterocycles. The van der Waals surface area contributed by atoms with Crippen molar-refractivity contribution in [2.45, 2.75) is 24.7 Å². The first-order valence-corrected chi connectivity index (χ1v) is 12.1. The number of rotatable bonds is 5. The van der Waals surface area contributed by atoms with Crippen LogP contribution in [0.2, 0.25) is 0 Å². The van der Waals surface area contributed by atoms with Crippen molar-refractivity contribution in [3.05, 3.63) is 36.0 Å². The van der Waals surface area contributed by atoms with Crippen LogP contribution < -0.4 is 10.2 Å². The number of aliphatic hydroxyl groups is 1. The van der Waals surface area contributed by atoms with Crippen LogP contribution in [0.1, 0.15) is 18.5 Å². The molecule has 8 nitrogen and oxygen atoms in total. The van der Waals surface area contributed by atoms with Crippen molar-refractivity contribution in [1.29, 1.82) is 0 Å². The summed E-state index contributed by atoms with van der Waals surface area (Å²) in [6.07, 6.45) is 3.20. The van der Waals surface area contributed by atoms with E-state index in [9.17, 15) is 9.90 Å². The van der Waals surface area contributed by atoms with Crippen molar-refractivity contribution in [3.8, 4) is 11.4 Å². The lowest BCUT2D eigenvalue weighted by Crippen LogP contribution is -2.44. The Kier molecular flexibility index (Phi) is 7.26. The number of amides is 2. The molecular weight excluding hydrogens is 414 g/mol. The predicted molar refractivity (Wildman–Crippen MR) is 124 cm³/mol. The first-order valence-electron chi connectivity index (χ1n) is 10.7. The Bertz CT molecular complexity index is 889. The summed E-state index contributed by atoms with van der Waals surface area (Å²) in [6, 6.07) is 9.48. The Morgan fingerprint density at radius 2 is 2.00 bits per heavy atom. The fraction of sp³-hybridized carbons (Fsp3) is 0.500. The van der Waals surface area contributed by atoms with Gasteiger partial charge in [-0.1, -0.05) is 0 Å². The molecule has 2 aliphatic rings. The molecule has 31 heavy (non-hydrogen) atoms. The number of thioether (sulfide) groups is 1. The fourth-order valence-corrected chi connectivity index (χ4v) is 4.28. The molecule has 0 saturated carbocycles. The van der Waals surface area contributed by atoms with E-state index in [0.29, 0.717) is 37.8 Å². The number of hydrogen-bond donors (Lipinski definition) is 2. The van der Waals surface area contributed by atoms with Crippen LogP contribution in [-0.2, 0) is 10.5 Å². The number of anilines is 2. The van der Waals surface area contributed by atoms with Crippen LogP contribution in [0, 0.1) is 0 Å². The highest BCUT2D eigenvalue weighted by Gasteiger charge is 2.22. The summed E-state index contributed by atoms with van der Waals surface area (Å²) in [7, 11) is 0. The van der Waals surface area contributed by atoms with Gasteiger partial charge in [0.1, 0.15) is 5.82 Å². The number of nitrogens with one attached hydrogen (secondary N) is 1. The number of hydrogen-bond acceptors (Lipinski definition) is 7. The number of aromatic nitrogens is 2. The third kappa shape index (κ3) is 5.66. The van der Waals surface area contributed by atoms with Crippen LogP contribution >= 0.6 is 11.8 Å². The number of benzene rings is 1. The van der Waals surface area contributed by atoms with Gasteiger partial charge in [-0.3, -0.25) is 0 Å². The molecule has 2 amide bonds. The molecule has 4 rings (SSSR count). The van der Waals surface area contributed by atoms with Crippen LogP contribution in [-0.4, -0.2) is 77.8 Å². The lowest BCUT2D eigenvalue weighted by atomic mass is 10.1. The van der Waals surface area contributed by atoms with Gasteiger partial charge in [0.05, 0.1) is 25.0 Å². The van der Waals surface area contributed by atoms with Gasteiger partial charge >= 0.3 is 6.03 Å². The highest BCUT2D eigenvalue weighted by molar-refractivity contribution is 7.97. The molecule has 2 aromatic rings. The third-order valence-corrected chi connectivity index (χ3v) is 6.06. The average Bonchev–Trinajstić information content (AvgIpc) is 2.80. The predicted octanol–water partition coefficient (Wildman–Crippen LogP) is 2.83. The standard InChI is InChI=1S/C22H29N5O3S/c1-31-15-18-13-20(26-9-11-30-12-10-26)25-21(23-18)16-4-6-17(7-5-16)24-22(29)27-8-2-3-19(28)14-27/h4-7,13,19,28H,2-3,8-12,14-15H2,1H3,(H,24,29). The minimum absolute atomic E-state index is 0.181. The number of β-amino-alcohol motifs (C(OH)–C–C–N with tert-alkyl or cyclic N) is 1. The second-order valence-corrected chi connectivity index (χ2v) is 8.69. The Morgan fingerprint density at radius 3 is 2.71 bits per heavy atom. The maximum Gasteiger partial charge on any atom is 0.321 e. The molecule has 2 saturated heterocycles. The van der Waals surface area contributed by atoms with E-state index in [-0.39, 0.29) is 6.03 Å². The number of aliphatic hydroxyl groups excluding tert-OH is 1. The maximum atomic E-state index is 12.5. The van der Waals surface area contributed by atoms with E-state index in [2.05, 4.69) is 22.5 Å². The first kappa shape index (κ1) is 21.9. The molecule has 1 unspecified atom stereocenters. The summed E-state index contributed by atoms with van der Waals surface area (Å²) in [4.78, 5) is 25.9. The number of carbonyl (C=O) groups is 1. The van der Waals surface area contributed by atoms with Crippen LogP contribution in [0.15, 0.2) is 30.3 Å². The van der Waals surface area contributed by atoms with Crippen LogP contribution in [0.3, 0.4) is 0 Å². The lowest BCUT2D eigenvalue weighted by molar-refractivity contribution is 0.0883. The van der Waals surface area contributed by atoms with Gasteiger partial charge in [0, 0.05) is 49.2 Å². The molecular formula is C22H29N5O3S. The zero-order valence-corrected chi connectivity index (χ0v) is 18.6. The van der Waals surface area contributed by atoms with E-state index in [4.69, 9.17) is 14.7 Å². The molecule has 0 aliphatic carbocycles. The van der Waals surface area contributed by atoms with Gasteiger partial charge in [0.25, 0.3) is 0 Å². The molecule has 2 fully saturated rings.